The van der Waals surface area contributed by atoms with Gasteiger partial charge in [-0.05, 0) is 151 Å². The molecule has 4 aromatic carbocycles. The normalized spacial score (nSPS) is 12.5. The Morgan fingerprint density at radius 2 is 0.988 bits per heavy atom. The Labute approximate surface area is 466 Å². The fourth-order valence-corrected chi connectivity index (χ4v) is 10.1. The third-order valence-corrected chi connectivity index (χ3v) is 14.7. The number of para-hydroxylation sites is 2. The van der Waals surface area contributed by atoms with Gasteiger partial charge in [-0.25, -0.2) is 32.3 Å². The average Bonchev–Trinajstić information content (AvgIpc) is 4.13. The number of hydrogen-bond donors (Lipinski definition) is 4. The number of pyridine rings is 2. The standard InChI is InChI=1S/C33H38F2N6O2.C28H29F2N5O3/c1-4-40(5-2)19-9-18-36-33-38-29(25-20-22(15-14-21(25)3)32(43)37-23-10-6-7-11-23)24-16-17-28(42)41(31(24)39-33)30-26(34)12-8-13-27(30)35;1-4-34(5-2)15-7-14-31-28-32-24(20-16-18(27(37)38)11-10-17(20)3)19-12-13-23(36)35(26(19)33-28)25-21(29)8-6-9-22(25)30/h8,12-17,20,23H,4-7,9-11,18-19H2,1-3H3,(H,37,43)(H,36,38,39);6,8-13,16H,4-5,7,14-15H2,1-3H3,(H,37,38)(H,31,32,33). The summed E-state index contributed by atoms with van der Waals surface area (Å²) in [7, 11) is 0. The number of nitrogens with one attached hydrogen (secondary N) is 3. The topological polar surface area (TPSA) is 192 Å². The highest BCUT2D eigenvalue weighted by Gasteiger charge is 2.25. The summed E-state index contributed by atoms with van der Waals surface area (Å²) in [6, 6.07) is 22.5. The van der Waals surface area contributed by atoms with Gasteiger partial charge in [-0.1, -0.05) is 64.8 Å². The van der Waals surface area contributed by atoms with Gasteiger partial charge in [0.25, 0.3) is 17.0 Å². The number of aromatic carboxylic acids is 1. The fraction of sp³-hybridized carbons (Fsp3) is 0.344. The van der Waals surface area contributed by atoms with Crippen molar-refractivity contribution in [2.24, 2.45) is 0 Å². The van der Waals surface area contributed by atoms with Crippen LogP contribution < -0.4 is 27.1 Å². The van der Waals surface area contributed by atoms with Crippen molar-refractivity contribution in [1.29, 1.82) is 0 Å². The van der Waals surface area contributed by atoms with E-state index in [1.54, 1.807) is 31.2 Å². The van der Waals surface area contributed by atoms with Gasteiger partial charge in [0.05, 0.1) is 17.0 Å². The zero-order valence-corrected chi connectivity index (χ0v) is 46.4. The zero-order chi connectivity index (χ0) is 57.9. The number of anilines is 2. The summed E-state index contributed by atoms with van der Waals surface area (Å²) in [5.41, 5.74) is 1.79. The smallest absolute Gasteiger partial charge is 0.335 e. The fourth-order valence-electron chi connectivity index (χ4n) is 10.1. The lowest BCUT2D eigenvalue weighted by atomic mass is 9.99. The number of amides is 1. The van der Waals surface area contributed by atoms with E-state index in [9.17, 15) is 33.1 Å². The predicted octanol–water partition coefficient (Wildman–Crippen LogP) is 10.7. The first-order chi connectivity index (χ1) is 39.0. The lowest BCUT2D eigenvalue weighted by Crippen LogP contribution is -2.32. The highest BCUT2D eigenvalue weighted by Crippen LogP contribution is 2.34. The van der Waals surface area contributed by atoms with Crippen LogP contribution >= 0.6 is 0 Å². The number of halogens is 4. The molecule has 81 heavy (non-hydrogen) atoms. The molecule has 8 aromatic rings. The summed E-state index contributed by atoms with van der Waals surface area (Å²) in [5, 5.41) is 19.9. The van der Waals surface area contributed by atoms with Crippen LogP contribution in [0.1, 0.15) is 98.1 Å². The highest BCUT2D eigenvalue weighted by molar-refractivity contribution is 5.99. The van der Waals surface area contributed by atoms with Crippen molar-refractivity contribution in [3.63, 3.8) is 0 Å². The minimum atomic E-state index is -1.11. The molecule has 4 aromatic heterocycles. The number of carboxylic acids is 1. The number of fused-ring (bicyclic) bond motifs is 2. The van der Waals surface area contributed by atoms with Crippen molar-refractivity contribution >= 4 is 45.8 Å². The molecule has 16 nitrogen and oxygen atoms in total. The van der Waals surface area contributed by atoms with Crippen molar-refractivity contribution < 1.29 is 32.3 Å². The van der Waals surface area contributed by atoms with Gasteiger partial charge in [0.2, 0.25) is 11.9 Å². The van der Waals surface area contributed by atoms with E-state index in [2.05, 4.69) is 68.4 Å². The van der Waals surface area contributed by atoms with E-state index in [0.717, 1.165) is 122 Å². The lowest BCUT2D eigenvalue weighted by Gasteiger charge is -2.19. The summed E-state index contributed by atoms with van der Waals surface area (Å²) in [6.45, 7) is 18.6. The quantitative estimate of drug-likeness (QED) is 0.0393. The molecule has 0 unspecified atom stereocenters. The van der Waals surface area contributed by atoms with Crippen LogP contribution in [-0.2, 0) is 0 Å². The number of carboxylic acid groups (broad SMARTS) is 1. The Hall–Kier alpha value is -8.36. The summed E-state index contributed by atoms with van der Waals surface area (Å²) < 4.78 is 61.6. The summed E-state index contributed by atoms with van der Waals surface area (Å²) in [6.07, 6.45) is 5.74. The molecule has 1 saturated carbocycles. The van der Waals surface area contributed by atoms with E-state index < -0.39 is 51.7 Å². The van der Waals surface area contributed by atoms with Crippen LogP contribution in [0.2, 0.25) is 0 Å². The molecule has 0 aliphatic heterocycles. The van der Waals surface area contributed by atoms with Crippen molar-refractivity contribution in [3.05, 3.63) is 163 Å². The Morgan fingerprint density at radius 3 is 1.40 bits per heavy atom. The molecule has 0 radical (unpaired) electrons. The van der Waals surface area contributed by atoms with E-state index in [4.69, 9.17) is 4.98 Å². The summed E-state index contributed by atoms with van der Waals surface area (Å²) in [5.74, 6) is -4.50. The maximum absolute atomic E-state index is 15.0. The molecule has 20 heteroatoms. The van der Waals surface area contributed by atoms with Crippen molar-refractivity contribution in [3.8, 4) is 33.9 Å². The van der Waals surface area contributed by atoms with Gasteiger partial charge in [-0.2, -0.15) is 9.97 Å². The number of nitrogens with zero attached hydrogens (tertiary/aromatic N) is 8. The minimum absolute atomic E-state index is 0.00197. The third kappa shape index (κ3) is 13.5. The summed E-state index contributed by atoms with van der Waals surface area (Å²) in [4.78, 5) is 74.2. The zero-order valence-electron chi connectivity index (χ0n) is 46.4. The first-order valence-electron chi connectivity index (χ1n) is 27.5. The third-order valence-electron chi connectivity index (χ3n) is 14.7. The van der Waals surface area contributed by atoms with Crippen LogP contribution in [0.3, 0.4) is 0 Å². The van der Waals surface area contributed by atoms with Crippen molar-refractivity contribution in [2.45, 2.75) is 86.1 Å². The van der Waals surface area contributed by atoms with E-state index >= 15 is 8.78 Å². The Balaban J connectivity index is 0.000000214. The highest BCUT2D eigenvalue weighted by atomic mass is 19.1. The number of hydrogen-bond acceptors (Lipinski definition) is 12. The molecular formula is C61H67F4N11O5. The second-order valence-corrected chi connectivity index (χ2v) is 19.9. The Kier molecular flexibility index (Phi) is 19.4. The molecule has 0 saturated heterocycles. The van der Waals surface area contributed by atoms with Crippen LogP contribution in [-0.4, -0.2) is 114 Å². The molecule has 0 spiro atoms. The van der Waals surface area contributed by atoms with Gasteiger partial charge < -0.3 is 30.9 Å². The van der Waals surface area contributed by atoms with Crippen LogP contribution in [0.15, 0.2) is 107 Å². The average molecular weight is 1110 g/mol. The number of benzene rings is 4. The van der Waals surface area contributed by atoms with Gasteiger partial charge in [-0.15, -0.1) is 0 Å². The first-order valence-corrected chi connectivity index (χ1v) is 27.5. The molecule has 1 amide bonds. The monoisotopic (exact) mass is 1110 g/mol. The maximum Gasteiger partial charge on any atom is 0.335 e. The molecule has 424 valence electrons. The van der Waals surface area contributed by atoms with Crippen LogP contribution in [0.4, 0.5) is 29.5 Å². The van der Waals surface area contributed by atoms with Crippen LogP contribution in [0.25, 0.3) is 56.0 Å². The van der Waals surface area contributed by atoms with Crippen LogP contribution in [0.5, 0.6) is 0 Å². The van der Waals surface area contributed by atoms with Crippen LogP contribution in [0, 0.1) is 37.1 Å². The number of aromatic nitrogens is 6. The van der Waals surface area contributed by atoms with E-state index in [1.165, 1.54) is 42.5 Å². The van der Waals surface area contributed by atoms with E-state index in [0.29, 0.717) is 51.9 Å². The molecule has 4 heterocycles. The number of carbonyl (C=O) groups excluding carboxylic acids is 1. The Bertz CT molecular complexity index is 3670. The van der Waals surface area contributed by atoms with Gasteiger partial charge in [0.1, 0.15) is 34.6 Å². The molecule has 9 rings (SSSR count). The molecule has 1 aliphatic carbocycles. The molecular weight excluding hydrogens is 1040 g/mol. The molecule has 4 N–H and O–H groups in total. The lowest BCUT2D eigenvalue weighted by molar-refractivity contribution is 0.0696. The van der Waals surface area contributed by atoms with E-state index in [1.807, 2.05) is 13.0 Å². The first kappa shape index (κ1) is 58.8. The van der Waals surface area contributed by atoms with E-state index in [-0.39, 0.29) is 40.7 Å². The van der Waals surface area contributed by atoms with Crippen molar-refractivity contribution in [1.82, 2.24) is 44.2 Å². The largest absolute Gasteiger partial charge is 0.478 e. The van der Waals surface area contributed by atoms with Crippen molar-refractivity contribution in [2.75, 3.05) is 63.0 Å². The predicted molar refractivity (Wildman–Crippen MR) is 309 cm³/mol. The molecule has 0 bridgehead atoms. The summed E-state index contributed by atoms with van der Waals surface area (Å²) >= 11 is 0. The molecule has 1 aliphatic rings. The number of carbonyl (C=O) groups is 2. The SMILES string of the molecule is CCN(CC)CCCNc1nc(-c2cc(C(=O)NC3CCCC3)ccc2C)c2ccc(=O)n(-c3c(F)cccc3F)c2n1.CCN(CC)CCCNc1nc(-c2cc(C(=O)O)ccc2C)c2ccc(=O)n(-c3c(F)cccc3F)c2n1. The molecule has 0 atom stereocenters. The second-order valence-electron chi connectivity index (χ2n) is 19.9. The van der Waals surface area contributed by atoms with Gasteiger partial charge in [0, 0.05) is 58.7 Å². The van der Waals surface area contributed by atoms with Gasteiger partial charge in [-0.3, -0.25) is 23.5 Å². The maximum atomic E-state index is 15.0. The van der Waals surface area contributed by atoms with Gasteiger partial charge in [0.15, 0.2) is 11.3 Å². The second kappa shape index (κ2) is 26.7. The Morgan fingerprint density at radius 1 is 0.580 bits per heavy atom. The molecule has 1 fully saturated rings. The minimum Gasteiger partial charge on any atom is -0.478 e. The number of rotatable bonds is 21. The number of aryl methyl sites for hydroxylation is 2. The van der Waals surface area contributed by atoms with Gasteiger partial charge >= 0.3 is 5.97 Å².